The number of carbonyl (C=O) groups is 2. The first-order valence-electron chi connectivity index (χ1n) is 9.55. The van der Waals surface area contributed by atoms with Crippen molar-refractivity contribution >= 4 is 11.8 Å². The van der Waals surface area contributed by atoms with E-state index in [4.69, 9.17) is 9.47 Å². The zero-order chi connectivity index (χ0) is 22.0. The van der Waals surface area contributed by atoms with Crippen molar-refractivity contribution in [1.29, 1.82) is 0 Å². The van der Waals surface area contributed by atoms with Crippen LogP contribution in [0.5, 0.6) is 11.5 Å². The fourth-order valence-corrected chi connectivity index (χ4v) is 3.79. The smallest absolute Gasteiger partial charge is 0.257 e. The van der Waals surface area contributed by atoms with Crippen LogP contribution in [-0.4, -0.2) is 61.0 Å². The lowest BCUT2D eigenvalue weighted by Crippen LogP contribution is -2.60. The van der Waals surface area contributed by atoms with Crippen LogP contribution in [0.3, 0.4) is 0 Å². The predicted octanol–water partition coefficient (Wildman–Crippen LogP) is 3.36. The van der Waals surface area contributed by atoms with Crippen molar-refractivity contribution < 1.29 is 27.8 Å². The summed E-state index contributed by atoms with van der Waals surface area (Å²) in [5, 5.41) is 0. The van der Waals surface area contributed by atoms with E-state index in [2.05, 4.69) is 0 Å². The molecular formula is C22H24F2N2O4. The summed E-state index contributed by atoms with van der Waals surface area (Å²) in [5.74, 6) is -1.55. The Hall–Kier alpha value is -3.16. The molecule has 0 aliphatic carbocycles. The molecule has 2 aromatic rings. The minimum Gasteiger partial charge on any atom is -0.497 e. The highest BCUT2D eigenvalue weighted by Gasteiger charge is 2.37. The summed E-state index contributed by atoms with van der Waals surface area (Å²) >= 11 is 0. The Kier molecular flexibility index (Phi) is 6.24. The molecule has 0 bridgehead atoms. The number of carbonyl (C=O) groups excluding carboxylic acids is 2. The van der Waals surface area contributed by atoms with Gasteiger partial charge in [0.2, 0.25) is 0 Å². The molecule has 2 aromatic carbocycles. The van der Waals surface area contributed by atoms with E-state index < -0.39 is 35.5 Å². The molecule has 30 heavy (non-hydrogen) atoms. The van der Waals surface area contributed by atoms with Gasteiger partial charge >= 0.3 is 0 Å². The first kappa shape index (κ1) is 21.5. The normalized spacial score (nSPS) is 18.9. The molecule has 1 heterocycles. The second-order valence-electron chi connectivity index (χ2n) is 7.31. The van der Waals surface area contributed by atoms with Gasteiger partial charge in [0.25, 0.3) is 11.8 Å². The van der Waals surface area contributed by atoms with Crippen molar-refractivity contribution in [2.24, 2.45) is 0 Å². The molecule has 0 saturated carbocycles. The van der Waals surface area contributed by atoms with Gasteiger partial charge < -0.3 is 19.3 Å². The Labute approximate surface area is 174 Å². The van der Waals surface area contributed by atoms with Crippen molar-refractivity contribution in [1.82, 2.24) is 9.80 Å². The molecule has 2 atom stereocenters. The van der Waals surface area contributed by atoms with E-state index in [0.717, 1.165) is 6.07 Å². The van der Waals surface area contributed by atoms with Crippen LogP contribution >= 0.6 is 0 Å². The van der Waals surface area contributed by atoms with Crippen LogP contribution in [0.4, 0.5) is 8.78 Å². The lowest BCUT2D eigenvalue weighted by Gasteiger charge is -2.44. The van der Waals surface area contributed by atoms with Gasteiger partial charge in [-0.1, -0.05) is 0 Å². The van der Waals surface area contributed by atoms with E-state index in [1.165, 1.54) is 49.5 Å². The number of methoxy groups -OCH3 is 2. The maximum atomic E-state index is 14.3. The van der Waals surface area contributed by atoms with Crippen molar-refractivity contribution in [3.05, 3.63) is 59.2 Å². The van der Waals surface area contributed by atoms with E-state index in [9.17, 15) is 18.4 Å². The van der Waals surface area contributed by atoms with Gasteiger partial charge in [-0.15, -0.1) is 0 Å². The minimum atomic E-state index is -0.670. The number of ether oxygens (including phenoxy) is 2. The number of rotatable bonds is 4. The maximum absolute atomic E-state index is 14.3. The second-order valence-corrected chi connectivity index (χ2v) is 7.31. The van der Waals surface area contributed by atoms with Crippen LogP contribution in [0.15, 0.2) is 36.4 Å². The third-order valence-corrected chi connectivity index (χ3v) is 5.25. The highest BCUT2D eigenvalue weighted by atomic mass is 19.1. The summed E-state index contributed by atoms with van der Waals surface area (Å²) in [4.78, 5) is 28.9. The van der Waals surface area contributed by atoms with Gasteiger partial charge in [0.05, 0.1) is 25.3 Å². The van der Waals surface area contributed by atoms with Crippen LogP contribution in [0.1, 0.15) is 34.6 Å². The quantitative estimate of drug-likeness (QED) is 0.764. The average molecular weight is 418 g/mol. The van der Waals surface area contributed by atoms with E-state index in [1.807, 2.05) is 0 Å². The number of piperazine rings is 1. The summed E-state index contributed by atoms with van der Waals surface area (Å²) in [5.41, 5.74) is -0.150. The van der Waals surface area contributed by atoms with Gasteiger partial charge in [0, 0.05) is 31.2 Å². The monoisotopic (exact) mass is 418 g/mol. The zero-order valence-electron chi connectivity index (χ0n) is 17.3. The molecule has 1 saturated heterocycles. The number of amides is 2. The summed E-state index contributed by atoms with van der Waals surface area (Å²) in [6.07, 6.45) is 0. The van der Waals surface area contributed by atoms with Crippen LogP contribution in [0.2, 0.25) is 0 Å². The van der Waals surface area contributed by atoms with Crippen molar-refractivity contribution in [3.63, 3.8) is 0 Å². The summed E-state index contributed by atoms with van der Waals surface area (Å²) in [6, 6.07) is 7.28. The number of benzene rings is 2. The third kappa shape index (κ3) is 4.08. The zero-order valence-corrected chi connectivity index (χ0v) is 17.3. The lowest BCUT2D eigenvalue weighted by atomic mass is 10.0. The Morgan fingerprint density at radius 3 is 1.97 bits per heavy atom. The Balaban J connectivity index is 1.80. The van der Waals surface area contributed by atoms with Crippen LogP contribution in [0, 0.1) is 11.6 Å². The van der Waals surface area contributed by atoms with E-state index in [0.29, 0.717) is 11.5 Å². The molecule has 8 heteroatoms. The average Bonchev–Trinajstić information content (AvgIpc) is 2.72. The molecule has 1 aliphatic heterocycles. The molecule has 0 radical (unpaired) electrons. The van der Waals surface area contributed by atoms with Gasteiger partial charge in [-0.3, -0.25) is 9.59 Å². The fourth-order valence-electron chi connectivity index (χ4n) is 3.79. The van der Waals surface area contributed by atoms with E-state index >= 15 is 0 Å². The number of nitrogens with zero attached hydrogens (tertiary/aromatic N) is 2. The molecule has 1 aliphatic rings. The molecule has 1 fully saturated rings. The topological polar surface area (TPSA) is 59.1 Å². The van der Waals surface area contributed by atoms with Gasteiger partial charge in [-0.05, 0) is 44.2 Å². The summed E-state index contributed by atoms with van der Waals surface area (Å²) < 4.78 is 38.7. The van der Waals surface area contributed by atoms with Gasteiger partial charge in [-0.2, -0.15) is 0 Å². The van der Waals surface area contributed by atoms with Crippen LogP contribution in [0.25, 0.3) is 0 Å². The molecular weight excluding hydrogens is 394 g/mol. The molecule has 160 valence electrons. The largest absolute Gasteiger partial charge is 0.497 e. The minimum absolute atomic E-state index is 0.0613. The lowest BCUT2D eigenvalue weighted by molar-refractivity contribution is 0.0249. The Morgan fingerprint density at radius 2 is 1.40 bits per heavy atom. The summed E-state index contributed by atoms with van der Waals surface area (Å²) in [7, 11) is 2.86. The van der Waals surface area contributed by atoms with Crippen molar-refractivity contribution in [2.75, 3.05) is 27.3 Å². The first-order chi connectivity index (χ1) is 14.3. The standard InChI is InChI=1S/C22H24F2N2O4/c1-13-11-25(21(27)17-7-5-16(30-4)10-20(17)24)12-14(2)26(13)22(28)18-9-15(29-3)6-8-19(18)23/h5-10,13-14H,11-12H2,1-4H3/t13-,14-/m1/s1. The summed E-state index contributed by atoms with van der Waals surface area (Å²) in [6.45, 7) is 3.95. The molecule has 0 unspecified atom stereocenters. The van der Waals surface area contributed by atoms with Crippen LogP contribution in [-0.2, 0) is 0 Å². The second kappa shape index (κ2) is 8.69. The molecule has 0 N–H and O–H groups in total. The van der Waals surface area contributed by atoms with Crippen molar-refractivity contribution in [3.8, 4) is 11.5 Å². The fraction of sp³-hybridized carbons (Fsp3) is 0.364. The maximum Gasteiger partial charge on any atom is 0.257 e. The SMILES string of the molecule is COc1ccc(C(=O)N2C[C@@H](C)N(C(=O)c3cc(OC)ccc3F)[C@H](C)C2)c(F)c1. The third-order valence-electron chi connectivity index (χ3n) is 5.25. The highest BCUT2D eigenvalue weighted by Crippen LogP contribution is 2.25. The molecule has 3 rings (SSSR count). The molecule has 0 aromatic heterocycles. The highest BCUT2D eigenvalue weighted by molar-refractivity contribution is 5.97. The number of hydrogen-bond donors (Lipinski definition) is 0. The van der Waals surface area contributed by atoms with E-state index in [1.54, 1.807) is 18.7 Å². The number of halogens is 2. The predicted molar refractivity (Wildman–Crippen MR) is 107 cm³/mol. The first-order valence-corrected chi connectivity index (χ1v) is 9.55. The van der Waals surface area contributed by atoms with Crippen LogP contribution < -0.4 is 9.47 Å². The van der Waals surface area contributed by atoms with Gasteiger partial charge in [-0.25, -0.2) is 8.78 Å². The van der Waals surface area contributed by atoms with Crippen molar-refractivity contribution in [2.45, 2.75) is 25.9 Å². The van der Waals surface area contributed by atoms with Gasteiger partial charge in [0.15, 0.2) is 0 Å². The number of hydrogen-bond acceptors (Lipinski definition) is 4. The van der Waals surface area contributed by atoms with E-state index in [-0.39, 0.29) is 24.2 Å². The Morgan fingerprint density at radius 1 is 0.833 bits per heavy atom. The molecule has 2 amide bonds. The Bertz CT molecular complexity index is 954. The molecule has 0 spiro atoms. The molecule has 6 nitrogen and oxygen atoms in total. The van der Waals surface area contributed by atoms with Gasteiger partial charge in [0.1, 0.15) is 23.1 Å².